The van der Waals surface area contributed by atoms with E-state index in [0.29, 0.717) is 17.9 Å². The molecule has 14 heavy (non-hydrogen) atoms. The summed E-state index contributed by atoms with van der Waals surface area (Å²) in [4.78, 5) is 0. The third kappa shape index (κ3) is 2.74. The van der Waals surface area contributed by atoms with Crippen LogP contribution in [0.5, 0.6) is 5.75 Å². The zero-order valence-electron chi connectivity index (χ0n) is 8.09. The minimum absolute atomic E-state index is 0.334. The number of unbranched alkanes of at least 4 members (excludes halogenated alkanes) is 1. The molecule has 0 radical (unpaired) electrons. The van der Waals surface area contributed by atoms with Gasteiger partial charge in [0.2, 0.25) is 0 Å². The summed E-state index contributed by atoms with van der Waals surface area (Å²) in [5, 5.41) is 8.71. The summed E-state index contributed by atoms with van der Waals surface area (Å²) in [6, 6.07) is 5.88. The van der Waals surface area contributed by atoms with Crippen molar-refractivity contribution in [2.45, 2.75) is 19.8 Å². The molecule has 0 atom stereocenters. The second kappa shape index (κ2) is 5.23. The quantitative estimate of drug-likeness (QED) is 0.689. The van der Waals surface area contributed by atoms with Crippen LogP contribution < -0.4 is 4.74 Å². The van der Waals surface area contributed by atoms with Gasteiger partial charge in [0.15, 0.2) is 0 Å². The van der Waals surface area contributed by atoms with E-state index in [1.165, 1.54) is 18.2 Å². The molecule has 0 aromatic heterocycles. The summed E-state index contributed by atoms with van der Waals surface area (Å²) in [6.07, 6.45) is 1.92. The van der Waals surface area contributed by atoms with Crippen molar-refractivity contribution in [1.82, 2.24) is 0 Å². The van der Waals surface area contributed by atoms with Crippen molar-refractivity contribution in [3.8, 4) is 11.8 Å². The summed E-state index contributed by atoms with van der Waals surface area (Å²) >= 11 is 0. The largest absolute Gasteiger partial charge is 0.492 e. The lowest BCUT2D eigenvalue weighted by atomic mass is 10.2. The molecule has 1 rings (SSSR count). The third-order valence-corrected chi connectivity index (χ3v) is 1.82. The summed E-state index contributed by atoms with van der Waals surface area (Å²) < 4.78 is 18.1. The van der Waals surface area contributed by atoms with Crippen molar-refractivity contribution in [1.29, 1.82) is 5.26 Å². The van der Waals surface area contributed by atoms with Crippen molar-refractivity contribution in [3.63, 3.8) is 0 Å². The van der Waals surface area contributed by atoms with E-state index in [4.69, 9.17) is 10.00 Å². The van der Waals surface area contributed by atoms with Gasteiger partial charge in [-0.1, -0.05) is 13.3 Å². The van der Waals surface area contributed by atoms with E-state index in [9.17, 15) is 4.39 Å². The lowest BCUT2D eigenvalue weighted by Gasteiger charge is -2.06. The van der Waals surface area contributed by atoms with Crippen molar-refractivity contribution < 1.29 is 9.13 Å². The SMILES string of the molecule is CCCCOc1cc(F)ccc1C#N. The minimum atomic E-state index is -0.379. The van der Waals surface area contributed by atoms with Crippen LogP contribution in [0.25, 0.3) is 0 Å². The molecule has 2 nitrogen and oxygen atoms in total. The van der Waals surface area contributed by atoms with Gasteiger partial charge in [-0.3, -0.25) is 0 Å². The maximum atomic E-state index is 12.8. The molecule has 1 aromatic carbocycles. The second-order valence-corrected chi connectivity index (χ2v) is 2.95. The summed E-state index contributed by atoms with van der Waals surface area (Å²) in [6.45, 7) is 2.56. The van der Waals surface area contributed by atoms with Gasteiger partial charge in [0.05, 0.1) is 12.2 Å². The van der Waals surface area contributed by atoms with Crippen LogP contribution >= 0.6 is 0 Å². The zero-order valence-corrected chi connectivity index (χ0v) is 8.09. The Morgan fingerprint density at radius 3 is 2.93 bits per heavy atom. The maximum Gasteiger partial charge on any atom is 0.139 e. The van der Waals surface area contributed by atoms with Gasteiger partial charge in [0.1, 0.15) is 17.6 Å². The van der Waals surface area contributed by atoms with E-state index in [1.807, 2.05) is 13.0 Å². The molecule has 1 aromatic rings. The highest BCUT2D eigenvalue weighted by atomic mass is 19.1. The summed E-state index contributed by atoms with van der Waals surface area (Å²) in [5.41, 5.74) is 0.377. The molecular weight excluding hydrogens is 181 g/mol. The van der Waals surface area contributed by atoms with Crippen LogP contribution in [0.15, 0.2) is 18.2 Å². The van der Waals surface area contributed by atoms with Gasteiger partial charge in [-0.25, -0.2) is 4.39 Å². The first-order valence-corrected chi connectivity index (χ1v) is 4.60. The maximum absolute atomic E-state index is 12.8. The lowest BCUT2D eigenvalue weighted by molar-refractivity contribution is 0.307. The van der Waals surface area contributed by atoms with Gasteiger partial charge in [0.25, 0.3) is 0 Å². The number of hydrogen-bond acceptors (Lipinski definition) is 2. The number of hydrogen-bond donors (Lipinski definition) is 0. The molecule has 0 heterocycles. The van der Waals surface area contributed by atoms with Gasteiger partial charge in [-0.2, -0.15) is 5.26 Å². The molecule has 0 bridgehead atoms. The Balaban J connectivity index is 2.73. The predicted octanol–water partition coefficient (Wildman–Crippen LogP) is 2.88. The molecule has 3 heteroatoms. The van der Waals surface area contributed by atoms with Crippen molar-refractivity contribution >= 4 is 0 Å². The Kier molecular flexibility index (Phi) is 3.93. The standard InChI is InChI=1S/C11H12FNO/c1-2-3-6-14-11-7-10(12)5-4-9(11)8-13/h4-5,7H,2-3,6H2,1H3. The van der Waals surface area contributed by atoms with E-state index < -0.39 is 0 Å². The van der Waals surface area contributed by atoms with E-state index in [0.717, 1.165) is 12.8 Å². The van der Waals surface area contributed by atoms with E-state index >= 15 is 0 Å². The highest BCUT2D eigenvalue weighted by Gasteiger charge is 2.03. The van der Waals surface area contributed by atoms with E-state index in [-0.39, 0.29) is 5.82 Å². The molecule has 0 aliphatic rings. The van der Waals surface area contributed by atoms with Crippen LogP contribution in [0, 0.1) is 17.1 Å². The highest BCUT2D eigenvalue weighted by molar-refractivity contribution is 5.42. The van der Waals surface area contributed by atoms with Gasteiger partial charge in [-0.05, 0) is 18.6 Å². The topological polar surface area (TPSA) is 33.0 Å². The Bertz CT molecular complexity index is 344. The summed E-state index contributed by atoms with van der Waals surface area (Å²) in [5.74, 6) is -0.0450. The molecule has 0 fully saturated rings. The van der Waals surface area contributed by atoms with Crippen LogP contribution in [0.3, 0.4) is 0 Å². The molecule has 0 saturated carbocycles. The number of ether oxygens (including phenoxy) is 1. The number of nitriles is 1. The third-order valence-electron chi connectivity index (χ3n) is 1.82. The lowest BCUT2D eigenvalue weighted by Crippen LogP contribution is -1.98. The molecule has 0 unspecified atom stereocenters. The fourth-order valence-electron chi connectivity index (χ4n) is 1.03. The van der Waals surface area contributed by atoms with Gasteiger partial charge in [0, 0.05) is 6.07 Å². The molecule has 0 saturated heterocycles. The van der Waals surface area contributed by atoms with E-state index in [1.54, 1.807) is 0 Å². The predicted molar refractivity (Wildman–Crippen MR) is 51.5 cm³/mol. The van der Waals surface area contributed by atoms with Gasteiger partial charge >= 0.3 is 0 Å². The highest BCUT2D eigenvalue weighted by Crippen LogP contribution is 2.19. The van der Waals surface area contributed by atoms with Crippen LogP contribution in [0.2, 0.25) is 0 Å². The van der Waals surface area contributed by atoms with Crippen LogP contribution in [0.4, 0.5) is 4.39 Å². The number of nitrogens with zero attached hydrogens (tertiary/aromatic N) is 1. The second-order valence-electron chi connectivity index (χ2n) is 2.95. The van der Waals surface area contributed by atoms with Gasteiger partial charge < -0.3 is 4.74 Å². The Morgan fingerprint density at radius 2 is 2.29 bits per heavy atom. The fraction of sp³-hybridized carbons (Fsp3) is 0.364. The Labute approximate surface area is 82.9 Å². The Morgan fingerprint density at radius 1 is 1.50 bits per heavy atom. The number of rotatable bonds is 4. The van der Waals surface area contributed by atoms with Crippen molar-refractivity contribution in [2.24, 2.45) is 0 Å². The average Bonchev–Trinajstić information content (AvgIpc) is 2.19. The normalized spacial score (nSPS) is 9.50. The van der Waals surface area contributed by atoms with Crippen molar-refractivity contribution in [2.75, 3.05) is 6.61 Å². The fourth-order valence-corrected chi connectivity index (χ4v) is 1.03. The average molecular weight is 193 g/mol. The molecule has 74 valence electrons. The molecule has 0 amide bonds. The first-order chi connectivity index (χ1) is 6.77. The van der Waals surface area contributed by atoms with E-state index in [2.05, 4.69) is 0 Å². The van der Waals surface area contributed by atoms with Crippen LogP contribution in [0.1, 0.15) is 25.3 Å². The molecule has 0 aliphatic carbocycles. The van der Waals surface area contributed by atoms with Crippen LogP contribution in [-0.4, -0.2) is 6.61 Å². The van der Waals surface area contributed by atoms with Gasteiger partial charge in [-0.15, -0.1) is 0 Å². The first kappa shape index (κ1) is 10.5. The van der Waals surface area contributed by atoms with Crippen molar-refractivity contribution in [3.05, 3.63) is 29.6 Å². The number of halogens is 1. The smallest absolute Gasteiger partial charge is 0.139 e. The molecule has 0 aliphatic heterocycles. The monoisotopic (exact) mass is 193 g/mol. The first-order valence-electron chi connectivity index (χ1n) is 4.60. The minimum Gasteiger partial charge on any atom is -0.492 e. The molecule has 0 N–H and O–H groups in total. The molecule has 0 spiro atoms. The Hall–Kier alpha value is -1.56. The summed E-state index contributed by atoms with van der Waals surface area (Å²) in [7, 11) is 0. The zero-order chi connectivity index (χ0) is 10.4. The van der Waals surface area contributed by atoms with Crippen LogP contribution in [-0.2, 0) is 0 Å². The number of benzene rings is 1. The molecular formula is C11H12FNO.